The number of hydrogen-bond acceptors (Lipinski definition) is 5. The third-order valence-corrected chi connectivity index (χ3v) is 2.95. The number of carbonyl (C=O) groups is 1. The molecule has 0 aliphatic heterocycles. The number of rotatable bonds is 5. The molecule has 0 spiro atoms. The second-order valence-electron chi connectivity index (χ2n) is 4.44. The molecule has 6 heteroatoms. The lowest BCUT2D eigenvalue weighted by molar-refractivity contribution is 0.0659. The van der Waals surface area contributed by atoms with E-state index in [1.807, 2.05) is 13.8 Å². The molecule has 0 aliphatic carbocycles. The zero-order valence-corrected chi connectivity index (χ0v) is 11.1. The minimum atomic E-state index is -1.05. The molecule has 0 saturated heterocycles. The Hall–Kier alpha value is -2.08. The number of hydrogen-bond donors (Lipinski definition) is 2. The zero-order chi connectivity index (χ0) is 14.0. The number of aromatic nitrogens is 1. The Morgan fingerprint density at radius 2 is 2.11 bits per heavy atom. The molecule has 2 aromatic heterocycles. The van der Waals surface area contributed by atoms with Crippen LogP contribution in [0.25, 0.3) is 0 Å². The van der Waals surface area contributed by atoms with Crippen molar-refractivity contribution in [3.05, 3.63) is 40.2 Å². The lowest BCUT2D eigenvalue weighted by Crippen LogP contribution is -2.13. The average Bonchev–Trinajstić information content (AvgIpc) is 2.86. The Labute approximate surface area is 110 Å². The maximum absolute atomic E-state index is 10.9. The minimum Gasteiger partial charge on any atom is -0.475 e. The molecule has 2 aromatic rings. The van der Waals surface area contributed by atoms with E-state index in [-0.39, 0.29) is 5.76 Å². The highest BCUT2D eigenvalue weighted by atomic mass is 16.5. The van der Waals surface area contributed by atoms with Gasteiger partial charge in [0.25, 0.3) is 0 Å². The van der Waals surface area contributed by atoms with Crippen LogP contribution in [0.15, 0.2) is 15.0 Å². The van der Waals surface area contributed by atoms with Gasteiger partial charge in [-0.3, -0.25) is 0 Å². The molecule has 102 valence electrons. The number of nitrogens with zero attached hydrogens (tertiary/aromatic N) is 1. The molecule has 2 N–H and O–H groups in total. The van der Waals surface area contributed by atoms with Crippen molar-refractivity contribution < 1.29 is 18.8 Å². The molecule has 2 rings (SSSR count). The minimum absolute atomic E-state index is 0.00543. The number of nitrogens with one attached hydrogen (secondary N) is 1. The lowest BCUT2D eigenvalue weighted by Gasteiger charge is -2.01. The number of furan rings is 1. The van der Waals surface area contributed by atoms with Gasteiger partial charge in [0.1, 0.15) is 11.5 Å². The fourth-order valence-electron chi connectivity index (χ4n) is 1.91. The summed E-state index contributed by atoms with van der Waals surface area (Å²) in [6.07, 6.45) is 0. The van der Waals surface area contributed by atoms with E-state index >= 15 is 0 Å². The van der Waals surface area contributed by atoms with Gasteiger partial charge in [0.05, 0.1) is 12.2 Å². The SMILES string of the molecule is Cc1cc(CNCc2c(C)noc2C)oc1C(=O)O. The molecular formula is C13H16N2O4. The normalized spacial score (nSPS) is 10.9. The smallest absolute Gasteiger partial charge is 0.372 e. The van der Waals surface area contributed by atoms with Gasteiger partial charge in [0, 0.05) is 17.7 Å². The van der Waals surface area contributed by atoms with E-state index in [9.17, 15) is 4.79 Å². The summed E-state index contributed by atoms with van der Waals surface area (Å²) in [5.74, 6) is 0.331. The Morgan fingerprint density at radius 1 is 1.37 bits per heavy atom. The van der Waals surface area contributed by atoms with Gasteiger partial charge in [-0.15, -0.1) is 0 Å². The van der Waals surface area contributed by atoms with Crippen molar-refractivity contribution in [2.75, 3.05) is 0 Å². The summed E-state index contributed by atoms with van der Waals surface area (Å²) in [6.45, 7) is 6.51. The Bertz CT molecular complexity index is 578. The molecule has 0 bridgehead atoms. The standard InChI is InChI=1S/C13H16N2O4/c1-7-4-10(18-12(7)13(16)17)5-14-6-11-8(2)15-19-9(11)3/h4,14H,5-6H2,1-3H3,(H,16,17). The maximum Gasteiger partial charge on any atom is 0.372 e. The van der Waals surface area contributed by atoms with Gasteiger partial charge >= 0.3 is 5.97 Å². The Morgan fingerprint density at radius 3 is 2.63 bits per heavy atom. The average molecular weight is 264 g/mol. The molecule has 0 radical (unpaired) electrons. The summed E-state index contributed by atoms with van der Waals surface area (Å²) in [5, 5.41) is 15.9. The van der Waals surface area contributed by atoms with Crippen LogP contribution >= 0.6 is 0 Å². The van der Waals surface area contributed by atoms with E-state index in [1.165, 1.54) is 0 Å². The van der Waals surface area contributed by atoms with Crippen molar-refractivity contribution in [3.63, 3.8) is 0 Å². The van der Waals surface area contributed by atoms with Crippen LogP contribution in [0, 0.1) is 20.8 Å². The van der Waals surface area contributed by atoms with Crippen LogP contribution < -0.4 is 5.32 Å². The van der Waals surface area contributed by atoms with E-state index in [1.54, 1.807) is 13.0 Å². The van der Waals surface area contributed by atoms with Crippen LogP contribution in [-0.4, -0.2) is 16.2 Å². The van der Waals surface area contributed by atoms with Gasteiger partial charge in [0.15, 0.2) is 0 Å². The van der Waals surface area contributed by atoms with Gasteiger partial charge in [-0.1, -0.05) is 5.16 Å². The summed E-state index contributed by atoms with van der Waals surface area (Å²) in [5.41, 5.74) is 2.50. The van der Waals surface area contributed by atoms with Crippen molar-refractivity contribution in [3.8, 4) is 0 Å². The highest BCUT2D eigenvalue weighted by Crippen LogP contribution is 2.15. The lowest BCUT2D eigenvalue weighted by atomic mass is 10.2. The third kappa shape index (κ3) is 2.85. The van der Waals surface area contributed by atoms with E-state index in [0.29, 0.717) is 24.4 Å². The number of carboxylic acids is 1. The summed E-state index contributed by atoms with van der Waals surface area (Å²) >= 11 is 0. The first-order valence-corrected chi connectivity index (χ1v) is 5.94. The van der Waals surface area contributed by atoms with Crippen LogP contribution in [0.2, 0.25) is 0 Å². The number of carboxylic acid groups (broad SMARTS) is 1. The maximum atomic E-state index is 10.9. The molecule has 0 aliphatic rings. The molecule has 0 atom stereocenters. The van der Waals surface area contributed by atoms with Crippen molar-refractivity contribution in [2.24, 2.45) is 0 Å². The first-order chi connectivity index (χ1) is 8.99. The van der Waals surface area contributed by atoms with Crippen molar-refractivity contribution in [1.82, 2.24) is 10.5 Å². The van der Waals surface area contributed by atoms with E-state index in [4.69, 9.17) is 14.0 Å². The number of aromatic carboxylic acids is 1. The van der Waals surface area contributed by atoms with Crippen LogP contribution in [-0.2, 0) is 13.1 Å². The number of aryl methyl sites for hydroxylation is 3. The fourth-order valence-corrected chi connectivity index (χ4v) is 1.91. The fraction of sp³-hybridized carbons (Fsp3) is 0.385. The van der Waals surface area contributed by atoms with Crippen LogP contribution in [0.3, 0.4) is 0 Å². The predicted octanol–water partition coefficient (Wildman–Crippen LogP) is 2.18. The molecule has 2 heterocycles. The van der Waals surface area contributed by atoms with E-state index in [0.717, 1.165) is 17.0 Å². The molecule has 0 aromatic carbocycles. The van der Waals surface area contributed by atoms with Gasteiger partial charge in [-0.2, -0.15) is 0 Å². The summed E-state index contributed by atoms with van der Waals surface area (Å²) < 4.78 is 10.3. The zero-order valence-electron chi connectivity index (χ0n) is 11.1. The molecular weight excluding hydrogens is 248 g/mol. The first-order valence-electron chi connectivity index (χ1n) is 5.94. The van der Waals surface area contributed by atoms with Crippen LogP contribution in [0.1, 0.15) is 38.9 Å². The largest absolute Gasteiger partial charge is 0.475 e. The Kier molecular flexibility index (Phi) is 3.71. The second-order valence-corrected chi connectivity index (χ2v) is 4.44. The van der Waals surface area contributed by atoms with E-state index < -0.39 is 5.97 Å². The first kappa shape index (κ1) is 13.4. The molecule has 0 unspecified atom stereocenters. The highest BCUT2D eigenvalue weighted by Gasteiger charge is 2.14. The molecule has 0 amide bonds. The molecule has 0 saturated carbocycles. The van der Waals surface area contributed by atoms with Crippen LogP contribution in [0.5, 0.6) is 0 Å². The summed E-state index contributed by atoms with van der Waals surface area (Å²) in [7, 11) is 0. The summed E-state index contributed by atoms with van der Waals surface area (Å²) in [4.78, 5) is 10.9. The molecule has 6 nitrogen and oxygen atoms in total. The van der Waals surface area contributed by atoms with Gasteiger partial charge in [0.2, 0.25) is 5.76 Å². The second kappa shape index (κ2) is 5.27. The topological polar surface area (TPSA) is 88.5 Å². The highest BCUT2D eigenvalue weighted by molar-refractivity contribution is 5.86. The van der Waals surface area contributed by atoms with Crippen molar-refractivity contribution >= 4 is 5.97 Å². The molecule has 0 fully saturated rings. The van der Waals surface area contributed by atoms with Gasteiger partial charge < -0.3 is 19.4 Å². The van der Waals surface area contributed by atoms with E-state index in [2.05, 4.69) is 10.5 Å². The van der Waals surface area contributed by atoms with Crippen molar-refractivity contribution in [1.29, 1.82) is 0 Å². The predicted molar refractivity (Wildman–Crippen MR) is 66.9 cm³/mol. The van der Waals surface area contributed by atoms with Gasteiger partial charge in [-0.05, 0) is 26.8 Å². The molecule has 19 heavy (non-hydrogen) atoms. The van der Waals surface area contributed by atoms with Crippen LogP contribution in [0.4, 0.5) is 0 Å². The monoisotopic (exact) mass is 264 g/mol. The summed E-state index contributed by atoms with van der Waals surface area (Å²) in [6, 6.07) is 1.73. The van der Waals surface area contributed by atoms with Crippen molar-refractivity contribution in [2.45, 2.75) is 33.9 Å². The Balaban J connectivity index is 1.96. The third-order valence-electron chi connectivity index (χ3n) is 2.95. The van der Waals surface area contributed by atoms with Gasteiger partial charge in [-0.25, -0.2) is 4.79 Å². The quantitative estimate of drug-likeness (QED) is 0.860.